The standard InChI is InChI=1S/C31H32O4/c1-18(2)24-26-22-15-16-23(17-22)27(26)25(19(3)4)29(35-31(33)21-13-9-6-10-14-21)28(24)34-30(32)20-11-7-5-8-12-20/h5-14,18-19,22-23H,15-17H2,1-4H3. The molecule has 0 aromatic heterocycles. The van der Waals surface area contributed by atoms with E-state index < -0.39 is 11.9 Å². The fourth-order valence-electron chi connectivity index (χ4n) is 5.97. The lowest BCUT2D eigenvalue weighted by Crippen LogP contribution is -2.19. The summed E-state index contributed by atoms with van der Waals surface area (Å²) in [6, 6.07) is 18.0. The molecule has 0 spiro atoms. The minimum Gasteiger partial charge on any atom is -0.419 e. The first kappa shape index (κ1) is 23.3. The first-order valence-electron chi connectivity index (χ1n) is 12.6. The Hall–Kier alpha value is -3.40. The monoisotopic (exact) mass is 468 g/mol. The lowest BCUT2D eigenvalue weighted by Gasteiger charge is -2.30. The topological polar surface area (TPSA) is 52.6 Å². The molecule has 1 fully saturated rings. The third-order valence-electron chi connectivity index (χ3n) is 7.38. The Balaban J connectivity index is 1.72. The molecule has 0 amide bonds. The molecule has 1 saturated carbocycles. The van der Waals surface area contributed by atoms with E-state index >= 15 is 0 Å². The fourth-order valence-corrected chi connectivity index (χ4v) is 5.97. The number of fused-ring (bicyclic) bond motifs is 5. The molecule has 2 unspecified atom stereocenters. The van der Waals surface area contributed by atoms with Crippen LogP contribution in [0.3, 0.4) is 0 Å². The highest BCUT2D eigenvalue weighted by Crippen LogP contribution is 2.61. The van der Waals surface area contributed by atoms with Crippen molar-refractivity contribution in [3.05, 3.63) is 94.0 Å². The number of esters is 2. The molecule has 0 radical (unpaired) electrons. The summed E-state index contributed by atoms with van der Waals surface area (Å²) in [5.74, 6) is 1.09. The van der Waals surface area contributed by atoms with Gasteiger partial charge in [-0.1, -0.05) is 64.1 Å². The fraction of sp³-hybridized carbons (Fsp3) is 0.355. The molecule has 0 saturated heterocycles. The Morgan fingerprint density at radius 1 is 0.657 bits per heavy atom. The molecule has 2 aliphatic rings. The maximum atomic E-state index is 13.3. The van der Waals surface area contributed by atoms with Crippen LogP contribution in [-0.2, 0) is 0 Å². The molecule has 2 aliphatic carbocycles. The lowest BCUT2D eigenvalue weighted by atomic mass is 9.78. The van der Waals surface area contributed by atoms with Gasteiger partial charge in [0.05, 0.1) is 11.1 Å². The van der Waals surface area contributed by atoms with Crippen LogP contribution in [0.1, 0.15) is 114 Å². The molecule has 3 aromatic rings. The Morgan fingerprint density at radius 3 is 1.37 bits per heavy atom. The van der Waals surface area contributed by atoms with Crippen LogP contribution in [0.2, 0.25) is 0 Å². The van der Waals surface area contributed by atoms with Crippen LogP contribution in [0.15, 0.2) is 60.7 Å². The SMILES string of the molecule is CC(C)c1c(OC(=O)c2ccccc2)c(OC(=O)c2ccccc2)c(C(C)C)c2c1C1CCC2C1. The summed E-state index contributed by atoms with van der Waals surface area (Å²) >= 11 is 0. The van der Waals surface area contributed by atoms with Crippen LogP contribution in [0, 0.1) is 0 Å². The van der Waals surface area contributed by atoms with Crippen LogP contribution in [0.25, 0.3) is 0 Å². The minimum absolute atomic E-state index is 0.108. The summed E-state index contributed by atoms with van der Waals surface area (Å²) in [5, 5.41) is 0. The Bertz CT molecular complexity index is 1160. The summed E-state index contributed by atoms with van der Waals surface area (Å²) in [5.41, 5.74) is 5.62. The number of carbonyl (C=O) groups excluding carboxylic acids is 2. The van der Waals surface area contributed by atoms with Crippen LogP contribution in [-0.4, -0.2) is 11.9 Å². The summed E-state index contributed by atoms with van der Waals surface area (Å²) in [7, 11) is 0. The zero-order valence-electron chi connectivity index (χ0n) is 20.8. The average Bonchev–Trinajstić information content (AvgIpc) is 3.47. The van der Waals surface area contributed by atoms with E-state index in [2.05, 4.69) is 27.7 Å². The zero-order chi connectivity index (χ0) is 24.7. The van der Waals surface area contributed by atoms with Gasteiger partial charge in [-0.3, -0.25) is 0 Å². The Labute approximate surface area is 207 Å². The van der Waals surface area contributed by atoms with Crippen LogP contribution in [0.5, 0.6) is 11.5 Å². The third kappa shape index (κ3) is 4.16. The summed E-state index contributed by atoms with van der Waals surface area (Å²) < 4.78 is 12.3. The summed E-state index contributed by atoms with van der Waals surface area (Å²) in [6.45, 7) is 8.50. The number of hydrogen-bond acceptors (Lipinski definition) is 4. The van der Waals surface area contributed by atoms with E-state index in [4.69, 9.17) is 9.47 Å². The van der Waals surface area contributed by atoms with Crippen molar-refractivity contribution in [1.29, 1.82) is 0 Å². The molecule has 2 bridgehead atoms. The second-order valence-corrected chi connectivity index (χ2v) is 10.3. The van der Waals surface area contributed by atoms with E-state index in [1.54, 1.807) is 24.3 Å². The molecule has 4 heteroatoms. The van der Waals surface area contributed by atoms with E-state index in [9.17, 15) is 9.59 Å². The molecule has 3 aromatic carbocycles. The highest BCUT2D eigenvalue weighted by Gasteiger charge is 2.44. The van der Waals surface area contributed by atoms with Gasteiger partial charge in [0.25, 0.3) is 0 Å². The normalized spacial score (nSPS) is 18.1. The zero-order valence-corrected chi connectivity index (χ0v) is 20.8. The van der Waals surface area contributed by atoms with Crippen molar-refractivity contribution in [1.82, 2.24) is 0 Å². The highest BCUT2D eigenvalue weighted by molar-refractivity contribution is 5.94. The minimum atomic E-state index is -0.442. The third-order valence-corrected chi connectivity index (χ3v) is 7.38. The maximum absolute atomic E-state index is 13.3. The van der Waals surface area contributed by atoms with E-state index in [0.29, 0.717) is 34.5 Å². The lowest BCUT2D eigenvalue weighted by molar-refractivity contribution is 0.0678. The highest BCUT2D eigenvalue weighted by atomic mass is 16.6. The molecule has 4 nitrogen and oxygen atoms in total. The molecule has 2 atom stereocenters. The molecule has 0 heterocycles. The Morgan fingerprint density at radius 2 is 1.03 bits per heavy atom. The largest absolute Gasteiger partial charge is 0.419 e. The number of benzene rings is 3. The van der Waals surface area contributed by atoms with Gasteiger partial charge >= 0.3 is 11.9 Å². The predicted octanol–water partition coefficient (Wildman–Crippen LogP) is 7.74. The second kappa shape index (κ2) is 9.33. The van der Waals surface area contributed by atoms with Gasteiger partial charge < -0.3 is 9.47 Å². The molecule has 5 rings (SSSR count). The first-order valence-corrected chi connectivity index (χ1v) is 12.6. The second-order valence-electron chi connectivity index (χ2n) is 10.3. The van der Waals surface area contributed by atoms with Gasteiger partial charge in [0.15, 0.2) is 11.5 Å². The van der Waals surface area contributed by atoms with Crippen LogP contribution >= 0.6 is 0 Å². The van der Waals surface area contributed by atoms with Crippen molar-refractivity contribution in [2.45, 2.75) is 70.6 Å². The molecule has 0 aliphatic heterocycles. The molecule has 0 N–H and O–H groups in total. The average molecular weight is 469 g/mol. The van der Waals surface area contributed by atoms with Crippen LogP contribution in [0.4, 0.5) is 0 Å². The summed E-state index contributed by atoms with van der Waals surface area (Å²) in [4.78, 5) is 26.6. The van der Waals surface area contributed by atoms with Crippen molar-refractivity contribution in [3.8, 4) is 11.5 Å². The number of carbonyl (C=O) groups is 2. The molecule has 35 heavy (non-hydrogen) atoms. The summed E-state index contributed by atoms with van der Waals surface area (Å²) in [6.07, 6.45) is 3.44. The van der Waals surface area contributed by atoms with Crippen molar-refractivity contribution in [2.75, 3.05) is 0 Å². The van der Waals surface area contributed by atoms with Gasteiger partial charge in [-0.05, 0) is 78.3 Å². The van der Waals surface area contributed by atoms with Gasteiger partial charge in [0.1, 0.15) is 0 Å². The van der Waals surface area contributed by atoms with Gasteiger partial charge in [0.2, 0.25) is 0 Å². The number of hydrogen-bond donors (Lipinski definition) is 0. The van der Waals surface area contributed by atoms with Gasteiger partial charge in [0, 0.05) is 11.1 Å². The van der Waals surface area contributed by atoms with E-state index in [-0.39, 0.29) is 11.8 Å². The van der Waals surface area contributed by atoms with E-state index in [0.717, 1.165) is 30.4 Å². The van der Waals surface area contributed by atoms with E-state index in [1.807, 2.05) is 36.4 Å². The quantitative estimate of drug-likeness (QED) is 0.274. The van der Waals surface area contributed by atoms with Crippen LogP contribution < -0.4 is 9.47 Å². The molecular weight excluding hydrogens is 436 g/mol. The van der Waals surface area contributed by atoms with Crippen molar-refractivity contribution in [2.24, 2.45) is 0 Å². The van der Waals surface area contributed by atoms with Gasteiger partial charge in [-0.25, -0.2) is 9.59 Å². The smallest absolute Gasteiger partial charge is 0.343 e. The van der Waals surface area contributed by atoms with Crippen molar-refractivity contribution in [3.63, 3.8) is 0 Å². The Kier molecular flexibility index (Phi) is 6.22. The number of rotatable bonds is 6. The first-order chi connectivity index (χ1) is 16.9. The van der Waals surface area contributed by atoms with E-state index in [1.165, 1.54) is 11.1 Å². The van der Waals surface area contributed by atoms with Crippen molar-refractivity contribution >= 4 is 11.9 Å². The predicted molar refractivity (Wildman–Crippen MR) is 137 cm³/mol. The van der Waals surface area contributed by atoms with Gasteiger partial charge in [-0.2, -0.15) is 0 Å². The molecule has 180 valence electrons. The number of ether oxygens (including phenoxy) is 2. The molecular formula is C31H32O4. The maximum Gasteiger partial charge on any atom is 0.343 e. The van der Waals surface area contributed by atoms with Gasteiger partial charge in [-0.15, -0.1) is 0 Å². The van der Waals surface area contributed by atoms with Crippen molar-refractivity contribution < 1.29 is 19.1 Å².